The van der Waals surface area contributed by atoms with Crippen LogP contribution in [0.1, 0.15) is 65.2 Å². The highest BCUT2D eigenvalue weighted by molar-refractivity contribution is 5.45. The maximum absolute atomic E-state index is 4.26. The van der Waals surface area contributed by atoms with E-state index in [2.05, 4.69) is 20.4 Å². The predicted octanol–water partition coefficient (Wildman–Crippen LogP) is 5.32. The third-order valence-corrected chi connectivity index (χ3v) is 4.10. The van der Waals surface area contributed by atoms with Crippen LogP contribution < -0.4 is 0 Å². The van der Waals surface area contributed by atoms with Crippen molar-refractivity contribution in [3.8, 4) is 0 Å². The van der Waals surface area contributed by atoms with Crippen molar-refractivity contribution in [2.75, 3.05) is 0 Å². The first-order valence-corrected chi connectivity index (χ1v) is 6.85. The molecule has 0 heteroatoms. The molecule has 0 N–H and O–H groups in total. The first-order valence-electron chi connectivity index (χ1n) is 6.85. The molecule has 2 aliphatic carbocycles. The van der Waals surface area contributed by atoms with E-state index in [0.29, 0.717) is 0 Å². The van der Waals surface area contributed by atoms with Gasteiger partial charge in [-0.3, -0.25) is 0 Å². The molecule has 0 spiro atoms. The molecule has 0 heterocycles. The van der Waals surface area contributed by atoms with Crippen molar-refractivity contribution in [1.82, 2.24) is 0 Å². The van der Waals surface area contributed by atoms with Gasteiger partial charge in [0.25, 0.3) is 0 Å². The molecule has 2 rings (SSSR count). The number of fused-ring (bicyclic) bond motifs is 1. The molecule has 0 atom stereocenters. The average Bonchev–Trinajstić information content (AvgIpc) is 2.46. The van der Waals surface area contributed by atoms with Crippen LogP contribution in [0.5, 0.6) is 0 Å². The fourth-order valence-electron chi connectivity index (χ4n) is 3.24. The van der Waals surface area contributed by atoms with Crippen LogP contribution in [-0.2, 0) is 0 Å². The SMILES string of the molecule is C=C1CC(CC)=C2CCCCC2=C(CC)C1. The zero-order valence-corrected chi connectivity index (χ0v) is 10.9. The molecule has 2 aliphatic rings. The minimum absolute atomic E-state index is 1.17. The molecule has 0 aromatic rings. The number of rotatable bonds is 2. The van der Waals surface area contributed by atoms with E-state index >= 15 is 0 Å². The van der Waals surface area contributed by atoms with Crippen molar-refractivity contribution < 1.29 is 0 Å². The van der Waals surface area contributed by atoms with E-state index in [0.717, 1.165) is 0 Å². The Morgan fingerprint density at radius 3 is 1.69 bits per heavy atom. The second-order valence-electron chi connectivity index (χ2n) is 5.18. The lowest BCUT2D eigenvalue weighted by Crippen LogP contribution is -2.03. The van der Waals surface area contributed by atoms with Crippen molar-refractivity contribution in [1.29, 1.82) is 0 Å². The molecule has 1 fully saturated rings. The minimum Gasteiger partial charge on any atom is -0.0992 e. The lowest BCUT2D eigenvalue weighted by atomic mass is 9.83. The second kappa shape index (κ2) is 5.03. The van der Waals surface area contributed by atoms with Crippen LogP contribution in [0, 0.1) is 0 Å². The zero-order valence-electron chi connectivity index (χ0n) is 10.9. The highest BCUT2D eigenvalue weighted by Gasteiger charge is 2.21. The van der Waals surface area contributed by atoms with Crippen LogP contribution in [0.4, 0.5) is 0 Å². The molecule has 1 saturated carbocycles. The maximum Gasteiger partial charge on any atom is -0.0102 e. The van der Waals surface area contributed by atoms with Crippen LogP contribution in [0.2, 0.25) is 0 Å². The Bertz CT molecular complexity index is 318. The van der Waals surface area contributed by atoms with E-state index in [9.17, 15) is 0 Å². The van der Waals surface area contributed by atoms with Gasteiger partial charge >= 0.3 is 0 Å². The summed E-state index contributed by atoms with van der Waals surface area (Å²) in [4.78, 5) is 0. The third-order valence-electron chi connectivity index (χ3n) is 4.10. The number of hydrogen-bond donors (Lipinski definition) is 0. The zero-order chi connectivity index (χ0) is 11.5. The smallest absolute Gasteiger partial charge is 0.0102 e. The van der Waals surface area contributed by atoms with Gasteiger partial charge in [-0.2, -0.15) is 0 Å². The van der Waals surface area contributed by atoms with Gasteiger partial charge in [0.15, 0.2) is 0 Å². The first kappa shape index (κ1) is 11.7. The van der Waals surface area contributed by atoms with E-state index in [1.54, 1.807) is 22.3 Å². The van der Waals surface area contributed by atoms with Gasteiger partial charge < -0.3 is 0 Å². The average molecular weight is 216 g/mol. The highest BCUT2D eigenvalue weighted by atomic mass is 14.3. The van der Waals surface area contributed by atoms with E-state index in [-0.39, 0.29) is 0 Å². The van der Waals surface area contributed by atoms with Gasteiger partial charge in [0.1, 0.15) is 0 Å². The Hall–Kier alpha value is -0.780. The first-order chi connectivity index (χ1) is 7.76. The molecular formula is C16H24. The molecule has 0 saturated heterocycles. The van der Waals surface area contributed by atoms with E-state index in [4.69, 9.17) is 0 Å². The summed E-state index contributed by atoms with van der Waals surface area (Å²) >= 11 is 0. The molecule has 0 amide bonds. The molecular weight excluding hydrogens is 192 g/mol. The van der Waals surface area contributed by atoms with Crippen molar-refractivity contribution in [3.05, 3.63) is 34.4 Å². The molecule has 0 bridgehead atoms. The van der Waals surface area contributed by atoms with Gasteiger partial charge in [-0.15, -0.1) is 0 Å². The lowest BCUT2D eigenvalue weighted by Gasteiger charge is -2.23. The van der Waals surface area contributed by atoms with E-state index in [1.807, 2.05) is 0 Å². The molecule has 0 aromatic heterocycles. The maximum atomic E-state index is 4.26. The Morgan fingerprint density at radius 2 is 1.31 bits per heavy atom. The van der Waals surface area contributed by atoms with Gasteiger partial charge in [0, 0.05) is 0 Å². The lowest BCUT2D eigenvalue weighted by molar-refractivity contribution is 0.662. The summed E-state index contributed by atoms with van der Waals surface area (Å²) in [6, 6.07) is 0. The van der Waals surface area contributed by atoms with E-state index in [1.165, 1.54) is 56.9 Å². The molecule has 0 radical (unpaired) electrons. The van der Waals surface area contributed by atoms with Gasteiger partial charge in [-0.05, 0) is 62.5 Å². The normalized spacial score (nSPS) is 22.2. The summed E-state index contributed by atoms with van der Waals surface area (Å²) in [5.41, 5.74) is 8.25. The van der Waals surface area contributed by atoms with Crippen molar-refractivity contribution in [2.24, 2.45) is 0 Å². The fourth-order valence-corrected chi connectivity index (χ4v) is 3.24. The number of allylic oxidation sites excluding steroid dienone is 5. The van der Waals surface area contributed by atoms with E-state index < -0.39 is 0 Å². The number of hydrogen-bond acceptors (Lipinski definition) is 0. The van der Waals surface area contributed by atoms with Gasteiger partial charge in [0.2, 0.25) is 0 Å². The second-order valence-corrected chi connectivity index (χ2v) is 5.18. The monoisotopic (exact) mass is 216 g/mol. The van der Waals surface area contributed by atoms with Gasteiger partial charge in [0.05, 0.1) is 0 Å². The predicted molar refractivity (Wildman–Crippen MR) is 71.5 cm³/mol. The topological polar surface area (TPSA) is 0 Å². The summed E-state index contributed by atoms with van der Waals surface area (Å²) < 4.78 is 0. The Labute approximate surface area is 100 Å². The van der Waals surface area contributed by atoms with Gasteiger partial charge in [-0.25, -0.2) is 0 Å². The van der Waals surface area contributed by atoms with Crippen LogP contribution in [0.25, 0.3) is 0 Å². The molecule has 0 aromatic carbocycles. The highest BCUT2D eigenvalue weighted by Crippen LogP contribution is 2.41. The molecule has 0 nitrogen and oxygen atoms in total. The van der Waals surface area contributed by atoms with Gasteiger partial charge in [-0.1, -0.05) is 37.1 Å². The molecule has 16 heavy (non-hydrogen) atoms. The standard InChI is InChI=1S/C16H24/c1-4-13-10-12(3)11-14(5-2)16-9-7-6-8-15(13)16/h3-11H2,1-2H3. The van der Waals surface area contributed by atoms with Crippen molar-refractivity contribution in [3.63, 3.8) is 0 Å². The van der Waals surface area contributed by atoms with Crippen molar-refractivity contribution in [2.45, 2.75) is 65.2 Å². The Kier molecular flexibility index (Phi) is 3.68. The largest absolute Gasteiger partial charge is 0.0992 e. The van der Waals surface area contributed by atoms with Crippen LogP contribution in [0.15, 0.2) is 34.4 Å². The summed E-state index contributed by atoms with van der Waals surface area (Å²) in [6.45, 7) is 8.87. The summed E-state index contributed by atoms with van der Waals surface area (Å²) in [5.74, 6) is 0. The summed E-state index contributed by atoms with van der Waals surface area (Å²) in [6.07, 6.45) is 10.2. The Morgan fingerprint density at radius 1 is 0.875 bits per heavy atom. The fraction of sp³-hybridized carbons (Fsp3) is 0.625. The summed E-state index contributed by atoms with van der Waals surface area (Å²) in [5, 5.41) is 0. The molecule has 0 aliphatic heterocycles. The van der Waals surface area contributed by atoms with Crippen LogP contribution in [-0.4, -0.2) is 0 Å². The minimum atomic E-state index is 1.17. The summed E-state index contributed by atoms with van der Waals surface area (Å²) in [7, 11) is 0. The molecule has 0 unspecified atom stereocenters. The third kappa shape index (κ3) is 2.16. The molecule has 88 valence electrons. The Balaban J connectivity index is 2.47. The van der Waals surface area contributed by atoms with Crippen molar-refractivity contribution >= 4 is 0 Å². The van der Waals surface area contributed by atoms with Crippen LogP contribution >= 0.6 is 0 Å². The van der Waals surface area contributed by atoms with Crippen LogP contribution in [0.3, 0.4) is 0 Å². The quantitative estimate of drug-likeness (QED) is 0.548.